The molecule has 5 heteroatoms. The van der Waals surface area contributed by atoms with Gasteiger partial charge in [-0.25, -0.2) is 0 Å². The Kier molecular flexibility index (Phi) is 5.04. The molecule has 0 bridgehead atoms. The van der Waals surface area contributed by atoms with Crippen molar-refractivity contribution in [3.8, 4) is 0 Å². The van der Waals surface area contributed by atoms with Gasteiger partial charge in [0.25, 0.3) is 0 Å². The minimum atomic E-state index is -0.807. The Balaban J connectivity index is 1.98. The van der Waals surface area contributed by atoms with Crippen molar-refractivity contribution in [2.24, 2.45) is 5.92 Å². The number of carboxylic acids is 1. The smallest absolute Gasteiger partial charge is 0.308 e. The summed E-state index contributed by atoms with van der Waals surface area (Å²) in [5.74, 6) is -1.07. The first-order valence-electron chi connectivity index (χ1n) is 7.18. The molecule has 1 aromatic rings. The minimum Gasteiger partial charge on any atom is -0.481 e. The number of amides is 1. The maximum Gasteiger partial charge on any atom is 0.308 e. The van der Waals surface area contributed by atoms with Crippen LogP contribution in [0, 0.1) is 5.92 Å². The highest BCUT2D eigenvalue weighted by atomic mass is 79.9. The van der Waals surface area contributed by atoms with Gasteiger partial charge in [0.15, 0.2) is 0 Å². The summed E-state index contributed by atoms with van der Waals surface area (Å²) in [6.07, 6.45) is 0.965. The molecule has 1 amide bonds. The molecule has 0 radical (unpaired) electrons. The standard InChI is InChI=1S/C16H20BrNO3/c1-10(12-3-5-13(17)6-4-12)9-15(19)18-8-7-14(11(18)2)16(20)21/h3-6,10-11,14H,7-9H2,1-2H3,(H,20,21). The second kappa shape index (κ2) is 6.60. The van der Waals surface area contributed by atoms with Crippen molar-refractivity contribution in [1.82, 2.24) is 4.90 Å². The van der Waals surface area contributed by atoms with E-state index in [-0.39, 0.29) is 17.9 Å². The number of carbonyl (C=O) groups excluding carboxylic acids is 1. The third kappa shape index (κ3) is 3.64. The normalized spacial score (nSPS) is 23.1. The van der Waals surface area contributed by atoms with E-state index in [1.54, 1.807) is 4.90 Å². The third-order valence-corrected chi connectivity index (χ3v) is 4.84. The van der Waals surface area contributed by atoms with Gasteiger partial charge in [-0.15, -0.1) is 0 Å². The first kappa shape index (κ1) is 16.0. The summed E-state index contributed by atoms with van der Waals surface area (Å²) in [7, 11) is 0. The van der Waals surface area contributed by atoms with E-state index in [1.165, 1.54) is 0 Å². The van der Waals surface area contributed by atoms with E-state index in [4.69, 9.17) is 5.11 Å². The van der Waals surface area contributed by atoms with E-state index >= 15 is 0 Å². The molecule has 1 heterocycles. The monoisotopic (exact) mass is 353 g/mol. The molecular weight excluding hydrogens is 334 g/mol. The average Bonchev–Trinajstić information content (AvgIpc) is 2.81. The number of benzene rings is 1. The number of hydrogen-bond acceptors (Lipinski definition) is 2. The summed E-state index contributed by atoms with van der Waals surface area (Å²) in [6, 6.07) is 7.74. The Morgan fingerprint density at radius 1 is 1.38 bits per heavy atom. The van der Waals surface area contributed by atoms with Crippen molar-refractivity contribution >= 4 is 27.8 Å². The Labute approximate surface area is 133 Å². The minimum absolute atomic E-state index is 0.0432. The maximum atomic E-state index is 12.4. The number of likely N-dealkylation sites (tertiary alicyclic amines) is 1. The van der Waals surface area contributed by atoms with Gasteiger partial charge in [-0.3, -0.25) is 9.59 Å². The summed E-state index contributed by atoms with van der Waals surface area (Å²) in [6.45, 7) is 4.40. The van der Waals surface area contributed by atoms with Crippen molar-refractivity contribution in [1.29, 1.82) is 0 Å². The predicted molar refractivity (Wildman–Crippen MR) is 84.1 cm³/mol. The Bertz CT molecular complexity index is 529. The molecule has 0 aromatic heterocycles. The zero-order chi connectivity index (χ0) is 15.6. The molecule has 1 saturated heterocycles. The van der Waals surface area contributed by atoms with Gasteiger partial charge in [-0.2, -0.15) is 0 Å². The van der Waals surface area contributed by atoms with Crippen LogP contribution in [0.15, 0.2) is 28.7 Å². The first-order valence-corrected chi connectivity index (χ1v) is 7.97. The summed E-state index contributed by atoms with van der Waals surface area (Å²) < 4.78 is 1.02. The van der Waals surface area contributed by atoms with Crippen LogP contribution in [-0.2, 0) is 9.59 Å². The molecule has 0 spiro atoms. The molecule has 1 aliphatic heterocycles. The highest BCUT2D eigenvalue weighted by Gasteiger charge is 2.38. The molecule has 2 rings (SSSR count). The fourth-order valence-electron chi connectivity index (χ4n) is 2.91. The summed E-state index contributed by atoms with van der Waals surface area (Å²) in [5.41, 5.74) is 1.12. The molecule has 114 valence electrons. The largest absolute Gasteiger partial charge is 0.481 e. The molecule has 4 nitrogen and oxygen atoms in total. The van der Waals surface area contributed by atoms with Crippen LogP contribution < -0.4 is 0 Å². The van der Waals surface area contributed by atoms with Crippen LogP contribution in [0.5, 0.6) is 0 Å². The predicted octanol–water partition coefficient (Wildman–Crippen LogP) is 3.26. The molecule has 1 aliphatic rings. The molecule has 0 aliphatic carbocycles. The number of aliphatic carboxylic acids is 1. The molecule has 21 heavy (non-hydrogen) atoms. The summed E-state index contributed by atoms with van der Waals surface area (Å²) in [5, 5.41) is 9.13. The summed E-state index contributed by atoms with van der Waals surface area (Å²) in [4.78, 5) is 25.2. The van der Waals surface area contributed by atoms with Gasteiger partial charge in [0.2, 0.25) is 5.91 Å². The number of halogens is 1. The van der Waals surface area contributed by atoms with Crippen LogP contribution in [0.4, 0.5) is 0 Å². The number of carboxylic acid groups (broad SMARTS) is 1. The third-order valence-electron chi connectivity index (χ3n) is 4.31. The molecule has 1 fully saturated rings. The Morgan fingerprint density at radius 3 is 2.52 bits per heavy atom. The van der Waals surface area contributed by atoms with Gasteiger partial charge in [0.1, 0.15) is 0 Å². The molecule has 1 aromatic carbocycles. The number of carbonyl (C=O) groups is 2. The highest BCUT2D eigenvalue weighted by molar-refractivity contribution is 9.10. The van der Waals surface area contributed by atoms with Crippen molar-refractivity contribution in [3.05, 3.63) is 34.3 Å². The van der Waals surface area contributed by atoms with E-state index in [1.807, 2.05) is 38.1 Å². The van der Waals surface area contributed by atoms with E-state index in [9.17, 15) is 9.59 Å². The van der Waals surface area contributed by atoms with Gasteiger partial charge >= 0.3 is 5.97 Å². The molecule has 0 saturated carbocycles. The SMILES string of the molecule is CC(CC(=O)N1CCC(C(=O)O)C1C)c1ccc(Br)cc1. The van der Waals surface area contributed by atoms with Crippen LogP contribution in [0.2, 0.25) is 0 Å². The molecule has 1 N–H and O–H groups in total. The van der Waals surface area contributed by atoms with E-state index in [2.05, 4.69) is 15.9 Å². The zero-order valence-electron chi connectivity index (χ0n) is 12.3. The second-order valence-electron chi connectivity index (χ2n) is 5.72. The lowest BCUT2D eigenvalue weighted by Crippen LogP contribution is -2.38. The number of rotatable bonds is 4. The lowest BCUT2D eigenvalue weighted by atomic mass is 9.97. The van der Waals surface area contributed by atoms with Crippen LogP contribution in [0.3, 0.4) is 0 Å². The second-order valence-corrected chi connectivity index (χ2v) is 6.63. The fourth-order valence-corrected chi connectivity index (χ4v) is 3.17. The molecule has 3 atom stereocenters. The topological polar surface area (TPSA) is 57.6 Å². The first-order chi connectivity index (χ1) is 9.90. The molecular formula is C16H20BrNO3. The van der Waals surface area contributed by atoms with Gasteiger partial charge in [-0.05, 0) is 37.0 Å². The fraction of sp³-hybridized carbons (Fsp3) is 0.500. The van der Waals surface area contributed by atoms with Gasteiger partial charge < -0.3 is 10.0 Å². The Morgan fingerprint density at radius 2 is 2.00 bits per heavy atom. The Hall–Kier alpha value is -1.36. The quantitative estimate of drug-likeness (QED) is 0.903. The number of nitrogens with zero attached hydrogens (tertiary/aromatic N) is 1. The van der Waals surface area contributed by atoms with E-state index in [0.29, 0.717) is 19.4 Å². The van der Waals surface area contributed by atoms with Crippen molar-refractivity contribution in [2.75, 3.05) is 6.54 Å². The van der Waals surface area contributed by atoms with Crippen molar-refractivity contribution < 1.29 is 14.7 Å². The highest BCUT2D eigenvalue weighted by Crippen LogP contribution is 2.28. The van der Waals surface area contributed by atoms with Crippen molar-refractivity contribution in [3.63, 3.8) is 0 Å². The lowest BCUT2D eigenvalue weighted by molar-refractivity contribution is -0.143. The van der Waals surface area contributed by atoms with E-state index < -0.39 is 11.9 Å². The van der Waals surface area contributed by atoms with Crippen LogP contribution in [0.1, 0.15) is 38.2 Å². The average molecular weight is 354 g/mol. The van der Waals surface area contributed by atoms with Crippen molar-refractivity contribution in [2.45, 2.75) is 38.6 Å². The van der Waals surface area contributed by atoms with Crippen LogP contribution in [0.25, 0.3) is 0 Å². The van der Waals surface area contributed by atoms with E-state index in [0.717, 1.165) is 10.0 Å². The zero-order valence-corrected chi connectivity index (χ0v) is 13.8. The van der Waals surface area contributed by atoms with Crippen LogP contribution >= 0.6 is 15.9 Å². The summed E-state index contributed by atoms with van der Waals surface area (Å²) >= 11 is 3.40. The van der Waals surface area contributed by atoms with Crippen LogP contribution in [-0.4, -0.2) is 34.5 Å². The molecule has 3 unspecified atom stereocenters. The van der Waals surface area contributed by atoms with Gasteiger partial charge in [-0.1, -0.05) is 35.0 Å². The van der Waals surface area contributed by atoms with Gasteiger partial charge in [0.05, 0.1) is 5.92 Å². The maximum absolute atomic E-state index is 12.4. The van der Waals surface area contributed by atoms with Gasteiger partial charge in [0, 0.05) is 23.5 Å². The number of hydrogen-bond donors (Lipinski definition) is 1. The lowest BCUT2D eigenvalue weighted by Gasteiger charge is -2.25.